The molecule has 0 saturated heterocycles. The third kappa shape index (κ3) is 2.48. The van der Waals surface area contributed by atoms with Crippen molar-refractivity contribution in [3.63, 3.8) is 0 Å². The van der Waals surface area contributed by atoms with Crippen LogP contribution in [0.4, 0.5) is 5.69 Å². The number of anilines is 1. The minimum absolute atomic E-state index is 0.121. The summed E-state index contributed by atoms with van der Waals surface area (Å²) in [5.41, 5.74) is 2.38. The first kappa shape index (κ1) is 15.8. The summed E-state index contributed by atoms with van der Waals surface area (Å²) in [4.78, 5) is 26.4. The molecule has 0 radical (unpaired) electrons. The number of carbonyl (C=O) groups is 2. The maximum Gasteiger partial charge on any atom is 0.242 e. The van der Waals surface area contributed by atoms with E-state index in [0.29, 0.717) is 31.4 Å². The van der Waals surface area contributed by atoms with E-state index in [0.717, 1.165) is 30.5 Å². The Hall–Kier alpha value is -1.69. The van der Waals surface area contributed by atoms with Crippen LogP contribution in [0.5, 0.6) is 0 Å². The fourth-order valence-electron chi connectivity index (χ4n) is 4.40. The molecule has 0 spiro atoms. The largest absolute Gasteiger partial charge is 0.311 e. The molecule has 1 amide bonds. The fraction of sp³-hybridized carbons (Fsp3) is 0.556. The topological polar surface area (TPSA) is 71.5 Å². The van der Waals surface area contributed by atoms with Crippen LogP contribution >= 0.6 is 0 Å². The van der Waals surface area contributed by atoms with Gasteiger partial charge in [0.15, 0.2) is 15.6 Å². The van der Waals surface area contributed by atoms with Crippen LogP contribution in [0, 0.1) is 0 Å². The fourth-order valence-corrected chi connectivity index (χ4v) is 6.19. The first-order chi connectivity index (χ1) is 11.5. The van der Waals surface area contributed by atoms with E-state index in [1.54, 1.807) is 11.0 Å². The van der Waals surface area contributed by atoms with E-state index >= 15 is 0 Å². The summed E-state index contributed by atoms with van der Waals surface area (Å²) in [6, 6.07) is 5.43. The Morgan fingerprint density at radius 1 is 1.17 bits per heavy atom. The van der Waals surface area contributed by atoms with Gasteiger partial charge in [-0.2, -0.15) is 0 Å². The lowest BCUT2D eigenvalue weighted by Crippen LogP contribution is -2.37. The molecule has 1 unspecified atom stereocenters. The SMILES string of the molecule is O=C1CCC2CN(C(=O)CS(=O)(=O)C3CCCC3)c3cccc1c32. The summed E-state index contributed by atoms with van der Waals surface area (Å²) in [7, 11) is -3.39. The van der Waals surface area contributed by atoms with Crippen molar-refractivity contribution in [3.05, 3.63) is 29.3 Å². The molecule has 1 fully saturated rings. The number of Topliss-reactive ketones (excluding diaryl/α,β-unsaturated/α-hetero) is 1. The van der Waals surface area contributed by atoms with Crippen LogP contribution in [-0.2, 0) is 14.6 Å². The third-order valence-corrected chi connectivity index (χ3v) is 7.78. The van der Waals surface area contributed by atoms with Gasteiger partial charge in [-0.25, -0.2) is 8.42 Å². The van der Waals surface area contributed by atoms with Crippen molar-refractivity contribution < 1.29 is 18.0 Å². The zero-order chi connectivity index (χ0) is 16.9. The molecule has 1 atom stereocenters. The van der Waals surface area contributed by atoms with Gasteiger partial charge >= 0.3 is 0 Å². The molecule has 1 saturated carbocycles. The molecule has 5 nitrogen and oxygen atoms in total. The van der Waals surface area contributed by atoms with E-state index in [9.17, 15) is 18.0 Å². The highest BCUT2D eigenvalue weighted by Gasteiger charge is 2.40. The molecule has 3 aliphatic rings. The van der Waals surface area contributed by atoms with Crippen molar-refractivity contribution in [1.29, 1.82) is 0 Å². The van der Waals surface area contributed by atoms with Gasteiger partial charge in [0.2, 0.25) is 5.91 Å². The highest BCUT2D eigenvalue weighted by atomic mass is 32.2. The van der Waals surface area contributed by atoms with E-state index < -0.39 is 15.6 Å². The summed E-state index contributed by atoms with van der Waals surface area (Å²) in [5.74, 6) is -0.484. The molecule has 128 valence electrons. The Kier molecular flexibility index (Phi) is 3.75. The number of hydrogen-bond donors (Lipinski definition) is 0. The van der Waals surface area contributed by atoms with Crippen LogP contribution in [0.2, 0.25) is 0 Å². The molecule has 0 bridgehead atoms. The number of rotatable bonds is 3. The second-order valence-corrected chi connectivity index (χ2v) is 9.40. The molecule has 1 aliphatic heterocycles. The zero-order valence-corrected chi connectivity index (χ0v) is 14.3. The molecule has 0 N–H and O–H groups in total. The Morgan fingerprint density at radius 2 is 1.92 bits per heavy atom. The monoisotopic (exact) mass is 347 g/mol. The van der Waals surface area contributed by atoms with E-state index in [-0.39, 0.29) is 22.9 Å². The maximum atomic E-state index is 12.7. The molecule has 2 aliphatic carbocycles. The molecular weight excluding hydrogens is 326 g/mol. The molecule has 0 aromatic heterocycles. The average Bonchev–Trinajstić information content (AvgIpc) is 3.20. The Balaban J connectivity index is 1.61. The van der Waals surface area contributed by atoms with Gasteiger partial charge in [0.25, 0.3) is 0 Å². The van der Waals surface area contributed by atoms with Gasteiger partial charge < -0.3 is 4.90 Å². The average molecular weight is 347 g/mol. The Labute approximate surface area is 142 Å². The standard InChI is InChI=1S/C18H21NO4S/c20-16-9-8-12-10-19(15-7-3-6-14(16)18(12)15)17(21)11-24(22,23)13-4-1-2-5-13/h3,6-7,12-13H,1-2,4-5,8-11H2. The lowest BCUT2D eigenvalue weighted by atomic mass is 9.83. The lowest BCUT2D eigenvalue weighted by Gasteiger charge is -2.19. The number of benzene rings is 1. The lowest BCUT2D eigenvalue weighted by molar-refractivity contribution is -0.116. The second kappa shape index (κ2) is 5.69. The van der Waals surface area contributed by atoms with Gasteiger partial charge in [-0.1, -0.05) is 25.0 Å². The minimum atomic E-state index is -3.39. The highest BCUT2D eigenvalue weighted by Crippen LogP contribution is 2.44. The van der Waals surface area contributed by atoms with Crippen molar-refractivity contribution in [2.24, 2.45) is 0 Å². The van der Waals surface area contributed by atoms with Crippen LogP contribution in [0.25, 0.3) is 0 Å². The summed E-state index contributed by atoms with van der Waals surface area (Å²) < 4.78 is 25.0. The Morgan fingerprint density at radius 3 is 2.67 bits per heavy atom. The van der Waals surface area contributed by atoms with Crippen LogP contribution < -0.4 is 4.90 Å². The van der Waals surface area contributed by atoms with Crippen LogP contribution in [0.1, 0.15) is 60.4 Å². The quantitative estimate of drug-likeness (QED) is 0.842. The van der Waals surface area contributed by atoms with Crippen LogP contribution in [0.3, 0.4) is 0 Å². The van der Waals surface area contributed by atoms with Gasteiger partial charge in [0, 0.05) is 30.1 Å². The van der Waals surface area contributed by atoms with Crippen molar-refractivity contribution in [2.45, 2.75) is 49.7 Å². The summed E-state index contributed by atoms with van der Waals surface area (Å²) >= 11 is 0. The predicted octanol–water partition coefficient (Wildman–Crippen LogP) is 2.45. The minimum Gasteiger partial charge on any atom is -0.311 e. The highest BCUT2D eigenvalue weighted by molar-refractivity contribution is 7.92. The van der Waals surface area contributed by atoms with Crippen LogP contribution in [-0.4, -0.2) is 37.7 Å². The normalized spacial score (nSPS) is 23.6. The number of amides is 1. The van der Waals surface area contributed by atoms with Gasteiger partial charge in [-0.05, 0) is 30.9 Å². The molecular formula is C18H21NO4S. The van der Waals surface area contributed by atoms with Crippen LogP contribution in [0.15, 0.2) is 18.2 Å². The van der Waals surface area contributed by atoms with Crippen molar-refractivity contribution in [1.82, 2.24) is 0 Å². The summed E-state index contributed by atoms with van der Waals surface area (Å²) in [6.07, 6.45) is 4.45. The summed E-state index contributed by atoms with van der Waals surface area (Å²) in [6.45, 7) is 0.499. The molecule has 4 rings (SSSR count). The number of ketones is 1. The Bertz CT molecular complexity index is 808. The van der Waals surface area contributed by atoms with Crippen molar-refractivity contribution >= 4 is 27.2 Å². The number of carbonyl (C=O) groups excluding carboxylic acids is 2. The first-order valence-corrected chi connectivity index (χ1v) is 10.4. The maximum absolute atomic E-state index is 12.7. The summed E-state index contributed by atoms with van der Waals surface area (Å²) in [5, 5.41) is -0.358. The van der Waals surface area contributed by atoms with E-state index in [1.165, 1.54) is 0 Å². The molecule has 1 aromatic rings. The van der Waals surface area contributed by atoms with Gasteiger partial charge in [0.1, 0.15) is 5.75 Å². The molecule has 6 heteroatoms. The zero-order valence-electron chi connectivity index (χ0n) is 13.5. The third-order valence-electron chi connectivity index (χ3n) is 5.64. The predicted molar refractivity (Wildman–Crippen MR) is 91.1 cm³/mol. The number of nitrogens with zero attached hydrogens (tertiary/aromatic N) is 1. The van der Waals surface area contributed by atoms with Crippen molar-refractivity contribution in [3.8, 4) is 0 Å². The first-order valence-electron chi connectivity index (χ1n) is 8.65. The molecule has 1 aromatic carbocycles. The van der Waals surface area contributed by atoms with E-state index in [4.69, 9.17) is 0 Å². The second-order valence-electron chi connectivity index (χ2n) is 7.12. The van der Waals surface area contributed by atoms with Gasteiger partial charge in [-0.15, -0.1) is 0 Å². The smallest absolute Gasteiger partial charge is 0.242 e. The van der Waals surface area contributed by atoms with Gasteiger partial charge in [-0.3, -0.25) is 9.59 Å². The molecule has 1 heterocycles. The number of sulfone groups is 1. The van der Waals surface area contributed by atoms with Crippen molar-refractivity contribution in [2.75, 3.05) is 17.2 Å². The number of hydrogen-bond acceptors (Lipinski definition) is 4. The van der Waals surface area contributed by atoms with E-state index in [1.807, 2.05) is 12.1 Å². The van der Waals surface area contributed by atoms with Gasteiger partial charge in [0.05, 0.1) is 5.25 Å². The van der Waals surface area contributed by atoms with E-state index in [2.05, 4.69) is 0 Å². The molecule has 24 heavy (non-hydrogen) atoms.